The van der Waals surface area contributed by atoms with Gasteiger partial charge in [-0.25, -0.2) is 0 Å². The number of anilines is 2. The monoisotopic (exact) mass is 482 g/mol. The molecule has 2 amide bonds. The van der Waals surface area contributed by atoms with Gasteiger partial charge in [-0.1, -0.05) is 23.2 Å². The van der Waals surface area contributed by atoms with Crippen molar-refractivity contribution in [1.82, 2.24) is 0 Å². The van der Waals surface area contributed by atoms with Crippen LogP contribution in [0.25, 0.3) is 0 Å². The normalized spacial score (nSPS) is 9.88. The molecule has 0 heterocycles. The molecule has 0 saturated heterocycles. The highest BCUT2D eigenvalue weighted by Crippen LogP contribution is 2.20. The third kappa shape index (κ3) is 10.8. The molecule has 0 fully saturated rings. The molecule has 2 aromatic carbocycles. The molecule has 2 aromatic rings. The molecule has 2 rings (SSSR count). The van der Waals surface area contributed by atoms with E-state index in [1.807, 2.05) is 13.8 Å². The standard InChI is InChI=1S/2C11H12ClNO3/c2*1-7-6-8(2-3-9(7)12)13-10(14)4-5-11(15)16/h2*2-3,6H,4-5H2,1H3,(H,13,14)(H,15,16). The summed E-state index contributed by atoms with van der Waals surface area (Å²) in [6, 6.07) is 10.2. The number of halogens is 2. The van der Waals surface area contributed by atoms with Gasteiger partial charge in [0.15, 0.2) is 0 Å². The minimum atomic E-state index is -0.984. The molecule has 0 aliphatic rings. The van der Waals surface area contributed by atoms with E-state index < -0.39 is 11.9 Å². The van der Waals surface area contributed by atoms with Crippen LogP contribution in [-0.2, 0) is 19.2 Å². The lowest BCUT2D eigenvalue weighted by Gasteiger charge is -2.06. The van der Waals surface area contributed by atoms with E-state index in [9.17, 15) is 19.2 Å². The molecule has 0 spiro atoms. The Morgan fingerprint density at radius 1 is 0.688 bits per heavy atom. The van der Waals surface area contributed by atoms with Crippen LogP contribution >= 0.6 is 23.2 Å². The number of carboxylic acids is 2. The molecule has 32 heavy (non-hydrogen) atoms. The molecule has 4 N–H and O–H groups in total. The first-order valence-electron chi connectivity index (χ1n) is 9.53. The molecule has 172 valence electrons. The molecule has 0 unspecified atom stereocenters. The summed E-state index contributed by atoms with van der Waals surface area (Å²) in [7, 11) is 0. The molecule has 0 aromatic heterocycles. The quantitative estimate of drug-likeness (QED) is 0.422. The van der Waals surface area contributed by atoms with Crippen LogP contribution in [0.1, 0.15) is 36.8 Å². The number of aliphatic carboxylic acids is 2. The maximum Gasteiger partial charge on any atom is 0.303 e. The molecule has 0 atom stereocenters. The highest BCUT2D eigenvalue weighted by Gasteiger charge is 2.07. The van der Waals surface area contributed by atoms with Crippen molar-refractivity contribution in [2.24, 2.45) is 0 Å². The fourth-order valence-electron chi connectivity index (χ4n) is 2.33. The third-order valence-electron chi connectivity index (χ3n) is 4.02. The fourth-order valence-corrected chi connectivity index (χ4v) is 2.57. The van der Waals surface area contributed by atoms with E-state index in [0.29, 0.717) is 21.4 Å². The van der Waals surface area contributed by atoms with Gasteiger partial charge in [-0.2, -0.15) is 0 Å². The van der Waals surface area contributed by atoms with E-state index in [4.69, 9.17) is 33.4 Å². The van der Waals surface area contributed by atoms with Gasteiger partial charge in [0.25, 0.3) is 0 Å². The predicted molar refractivity (Wildman–Crippen MR) is 123 cm³/mol. The van der Waals surface area contributed by atoms with E-state index in [0.717, 1.165) is 11.1 Å². The number of carbonyl (C=O) groups is 4. The van der Waals surface area contributed by atoms with Crippen LogP contribution in [0.15, 0.2) is 36.4 Å². The van der Waals surface area contributed by atoms with Crippen LogP contribution in [0.2, 0.25) is 10.0 Å². The number of aryl methyl sites for hydroxylation is 2. The summed E-state index contributed by atoms with van der Waals surface area (Å²) in [6.45, 7) is 3.66. The molecule has 0 aliphatic carbocycles. The maximum atomic E-state index is 11.3. The second-order valence-electron chi connectivity index (χ2n) is 6.81. The Kier molecular flexibility index (Phi) is 11.2. The van der Waals surface area contributed by atoms with Crippen molar-refractivity contribution >= 4 is 58.3 Å². The summed E-state index contributed by atoms with van der Waals surface area (Å²) < 4.78 is 0. The summed E-state index contributed by atoms with van der Waals surface area (Å²) in [5, 5.41) is 23.3. The van der Waals surface area contributed by atoms with Crippen molar-refractivity contribution in [3.8, 4) is 0 Å². The van der Waals surface area contributed by atoms with Crippen molar-refractivity contribution in [1.29, 1.82) is 0 Å². The van der Waals surface area contributed by atoms with Crippen molar-refractivity contribution in [2.45, 2.75) is 39.5 Å². The molecule has 0 bridgehead atoms. The van der Waals surface area contributed by atoms with Gasteiger partial charge >= 0.3 is 11.9 Å². The first kappa shape index (κ1) is 26.9. The van der Waals surface area contributed by atoms with Gasteiger partial charge in [0, 0.05) is 34.3 Å². The van der Waals surface area contributed by atoms with Crippen molar-refractivity contribution in [3.05, 3.63) is 57.6 Å². The van der Waals surface area contributed by atoms with Gasteiger partial charge in [-0.05, 0) is 61.4 Å². The van der Waals surface area contributed by atoms with E-state index in [-0.39, 0.29) is 37.5 Å². The summed E-state index contributed by atoms with van der Waals surface area (Å²) in [5.74, 6) is -2.60. The molecular weight excluding hydrogens is 459 g/mol. The van der Waals surface area contributed by atoms with Gasteiger partial charge in [-0.3, -0.25) is 19.2 Å². The minimum absolute atomic E-state index is 0.0307. The number of rotatable bonds is 8. The van der Waals surface area contributed by atoms with Crippen LogP contribution in [0.5, 0.6) is 0 Å². The third-order valence-corrected chi connectivity index (χ3v) is 4.86. The van der Waals surface area contributed by atoms with Crippen LogP contribution in [-0.4, -0.2) is 34.0 Å². The zero-order chi connectivity index (χ0) is 24.3. The van der Waals surface area contributed by atoms with E-state index in [1.54, 1.807) is 36.4 Å². The minimum Gasteiger partial charge on any atom is -0.481 e. The molecule has 10 heteroatoms. The highest BCUT2D eigenvalue weighted by atomic mass is 35.5. The number of amides is 2. The Hall–Kier alpha value is -3.10. The Bertz CT molecular complexity index is 915. The topological polar surface area (TPSA) is 133 Å². The van der Waals surface area contributed by atoms with Crippen LogP contribution in [0.4, 0.5) is 11.4 Å². The number of hydrogen-bond donors (Lipinski definition) is 4. The zero-order valence-electron chi connectivity index (χ0n) is 17.6. The molecule has 8 nitrogen and oxygen atoms in total. The Morgan fingerprint density at radius 3 is 1.31 bits per heavy atom. The van der Waals surface area contributed by atoms with Gasteiger partial charge in [0.05, 0.1) is 12.8 Å². The molecule has 0 saturated carbocycles. The largest absolute Gasteiger partial charge is 0.481 e. The van der Waals surface area contributed by atoms with Crippen LogP contribution in [0, 0.1) is 13.8 Å². The first-order chi connectivity index (χ1) is 15.0. The lowest BCUT2D eigenvalue weighted by Crippen LogP contribution is -2.13. The van der Waals surface area contributed by atoms with Gasteiger partial charge in [-0.15, -0.1) is 0 Å². The van der Waals surface area contributed by atoms with E-state index in [1.165, 1.54) is 0 Å². The second kappa shape index (κ2) is 13.3. The summed E-state index contributed by atoms with van der Waals surface area (Å²) in [5.41, 5.74) is 2.96. The number of nitrogens with one attached hydrogen (secondary N) is 2. The number of carbonyl (C=O) groups excluding carboxylic acids is 2. The van der Waals surface area contributed by atoms with E-state index in [2.05, 4.69) is 10.6 Å². The smallest absolute Gasteiger partial charge is 0.303 e. The summed E-state index contributed by atoms with van der Waals surface area (Å²) >= 11 is 11.7. The Labute approximate surface area is 195 Å². The van der Waals surface area contributed by atoms with Gasteiger partial charge < -0.3 is 20.8 Å². The average Bonchev–Trinajstić information content (AvgIpc) is 2.71. The van der Waals surface area contributed by atoms with Gasteiger partial charge in [0.1, 0.15) is 0 Å². The molecular formula is C22H24Cl2N2O6. The Balaban J connectivity index is 0.000000320. The summed E-state index contributed by atoms with van der Waals surface area (Å²) in [6.07, 6.45) is -0.398. The number of benzene rings is 2. The lowest BCUT2D eigenvalue weighted by atomic mass is 10.2. The highest BCUT2D eigenvalue weighted by molar-refractivity contribution is 6.31. The second-order valence-corrected chi connectivity index (χ2v) is 7.63. The fraction of sp³-hybridized carbons (Fsp3) is 0.273. The number of hydrogen-bond acceptors (Lipinski definition) is 4. The van der Waals surface area contributed by atoms with Gasteiger partial charge in [0.2, 0.25) is 11.8 Å². The van der Waals surface area contributed by atoms with Crippen molar-refractivity contribution < 1.29 is 29.4 Å². The van der Waals surface area contributed by atoms with Crippen molar-refractivity contribution in [3.63, 3.8) is 0 Å². The molecule has 0 aliphatic heterocycles. The maximum absolute atomic E-state index is 11.3. The van der Waals surface area contributed by atoms with Crippen molar-refractivity contribution in [2.75, 3.05) is 10.6 Å². The summed E-state index contributed by atoms with van der Waals surface area (Å²) in [4.78, 5) is 43.1. The first-order valence-corrected chi connectivity index (χ1v) is 10.3. The predicted octanol–water partition coefficient (Wildman–Crippen LogP) is 4.90. The van der Waals surface area contributed by atoms with E-state index >= 15 is 0 Å². The lowest BCUT2D eigenvalue weighted by molar-refractivity contribution is -0.138. The number of carboxylic acid groups (broad SMARTS) is 2. The molecule has 0 radical (unpaired) electrons. The SMILES string of the molecule is Cc1cc(NC(=O)CCC(=O)O)ccc1Cl.Cc1cc(NC(=O)CCC(=O)O)ccc1Cl. The Morgan fingerprint density at radius 2 is 1.03 bits per heavy atom. The van der Waals surface area contributed by atoms with Crippen LogP contribution in [0.3, 0.4) is 0 Å². The zero-order valence-corrected chi connectivity index (χ0v) is 19.1. The average molecular weight is 483 g/mol. The van der Waals surface area contributed by atoms with Crippen LogP contribution < -0.4 is 10.6 Å².